The van der Waals surface area contributed by atoms with Crippen molar-refractivity contribution in [2.75, 3.05) is 5.73 Å². The van der Waals surface area contributed by atoms with Gasteiger partial charge in [-0.25, -0.2) is 19.7 Å². The third-order valence-electron chi connectivity index (χ3n) is 5.08. The predicted octanol–water partition coefficient (Wildman–Crippen LogP) is 3.83. The van der Waals surface area contributed by atoms with E-state index in [1.165, 1.54) is 12.1 Å². The number of hydrogen-bond acceptors (Lipinski definition) is 7. The number of aromatic nitrogens is 3. The summed E-state index contributed by atoms with van der Waals surface area (Å²) in [6, 6.07) is 7.02. The number of nitrogens with one attached hydrogen (secondary N) is 1. The molecule has 0 spiro atoms. The summed E-state index contributed by atoms with van der Waals surface area (Å²) in [4.78, 5) is 34.8. The molecule has 4 aromatic rings. The molecular weight excluding hydrogens is 467 g/mol. The molecule has 180 valence electrons. The molecule has 0 saturated heterocycles. The van der Waals surface area contributed by atoms with Crippen molar-refractivity contribution in [2.45, 2.75) is 25.6 Å². The van der Waals surface area contributed by atoms with E-state index in [4.69, 9.17) is 15.3 Å². The molecule has 0 radical (unpaired) electrons. The Labute approximate surface area is 195 Å². The van der Waals surface area contributed by atoms with E-state index in [9.17, 15) is 22.8 Å². The number of fused-ring (bicyclic) bond motifs is 1. The molecule has 4 rings (SSSR count). The van der Waals surface area contributed by atoms with Crippen molar-refractivity contribution in [3.8, 4) is 11.4 Å². The Morgan fingerprint density at radius 3 is 2.43 bits per heavy atom. The number of rotatable bonds is 7. The number of carboxylic acid groups (broad SMARTS) is 1. The van der Waals surface area contributed by atoms with E-state index in [0.717, 1.165) is 24.0 Å². The molecule has 3 aromatic heterocycles. The highest BCUT2D eigenvalue weighted by Crippen LogP contribution is 2.38. The Bertz CT molecular complexity index is 1380. The van der Waals surface area contributed by atoms with Gasteiger partial charge in [0.1, 0.15) is 17.2 Å². The van der Waals surface area contributed by atoms with E-state index in [0.29, 0.717) is 12.2 Å². The van der Waals surface area contributed by atoms with Gasteiger partial charge in [0, 0.05) is 36.0 Å². The summed E-state index contributed by atoms with van der Waals surface area (Å²) in [5.41, 5.74) is 4.76. The summed E-state index contributed by atoms with van der Waals surface area (Å²) >= 11 is 0. The first-order chi connectivity index (χ1) is 16.6. The lowest BCUT2D eigenvalue weighted by molar-refractivity contribution is -0.136. The Morgan fingerprint density at radius 2 is 1.80 bits per heavy atom. The third-order valence-corrected chi connectivity index (χ3v) is 5.08. The van der Waals surface area contributed by atoms with E-state index < -0.39 is 17.7 Å². The van der Waals surface area contributed by atoms with Crippen LogP contribution < -0.4 is 11.1 Å². The first kappa shape index (κ1) is 23.7. The van der Waals surface area contributed by atoms with Crippen LogP contribution >= 0.6 is 0 Å². The highest BCUT2D eigenvalue weighted by molar-refractivity contribution is 5.88. The van der Waals surface area contributed by atoms with E-state index in [1.54, 1.807) is 18.3 Å². The van der Waals surface area contributed by atoms with Gasteiger partial charge in [-0.05, 0) is 36.2 Å². The van der Waals surface area contributed by atoms with Crippen LogP contribution in [0.2, 0.25) is 0 Å². The maximum absolute atomic E-state index is 13.7. The second-order valence-electron chi connectivity index (χ2n) is 7.62. The van der Waals surface area contributed by atoms with Crippen molar-refractivity contribution in [3.05, 3.63) is 71.4 Å². The van der Waals surface area contributed by atoms with Crippen LogP contribution in [-0.2, 0) is 23.9 Å². The molecule has 35 heavy (non-hydrogen) atoms. The molecule has 3 heterocycles. The zero-order chi connectivity index (χ0) is 25.2. The number of nitrogens with zero attached hydrogens (tertiary/aromatic N) is 3. The molecule has 0 atom stereocenters. The van der Waals surface area contributed by atoms with Crippen molar-refractivity contribution < 1.29 is 32.3 Å². The first-order valence-corrected chi connectivity index (χ1v) is 10.3. The normalized spacial score (nSPS) is 11.5. The Kier molecular flexibility index (Phi) is 6.36. The highest BCUT2D eigenvalue weighted by atomic mass is 19.4. The van der Waals surface area contributed by atoms with Crippen molar-refractivity contribution in [3.63, 3.8) is 0 Å². The van der Waals surface area contributed by atoms with Gasteiger partial charge >= 0.3 is 12.1 Å². The average Bonchev–Trinajstić information content (AvgIpc) is 3.24. The minimum Gasteiger partial charge on any atom is -0.478 e. The molecule has 0 fully saturated rings. The van der Waals surface area contributed by atoms with Gasteiger partial charge < -0.3 is 20.6 Å². The summed E-state index contributed by atoms with van der Waals surface area (Å²) in [7, 11) is 0. The predicted molar refractivity (Wildman–Crippen MR) is 118 cm³/mol. The minimum absolute atomic E-state index is 0.0373. The molecule has 0 aliphatic rings. The molecule has 0 bridgehead atoms. The SMILES string of the molecule is Nc1ccc(CCC(=O)NCc2cc3cc(-c4ncc(C(=O)O)cn4)cc(C(F)(F)F)c3o2)cn1. The number of hydrogen-bond donors (Lipinski definition) is 3. The second-order valence-corrected chi connectivity index (χ2v) is 7.62. The number of nitrogen functional groups attached to an aromatic ring is 1. The van der Waals surface area contributed by atoms with Gasteiger partial charge in [0.2, 0.25) is 5.91 Å². The standard InChI is InChI=1S/C23H18F3N5O4/c24-23(25,26)17-7-14(21-30-9-15(10-31-21)22(33)34)5-13-6-16(35-20(13)17)11-29-19(32)4-2-12-1-3-18(27)28-8-12/h1,3,5-10H,2,4,11H2,(H2,27,28)(H,29,32)(H,33,34). The summed E-state index contributed by atoms with van der Waals surface area (Å²) in [6.07, 6.45) is -0.579. The van der Waals surface area contributed by atoms with Crippen LogP contribution in [0.4, 0.5) is 19.0 Å². The molecule has 0 saturated carbocycles. The number of halogens is 3. The molecule has 1 aromatic carbocycles. The Hall–Kier alpha value is -4.48. The first-order valence-electron chi connectivity index (χ1n) is 10.3. The zero-order valence-corrected chi connectivity index (χ0v) is 18.0. The topological polar surface area (TPSA) is 144 Å². The lowest BCUT2D eigenvalue weighted by Crippen LogP contribution is -2.22. The van der Waals surface area contributed by atoms with Gasteiger partial charge in [-0.2, -0.15) is 13.2 Å². The number of furan rings is 1. The largest absolute Gasteiger partial charge is 0.478 e. The number of carboxylic acids is 1. The summed E-state index contributed by atoms with van der Waals surface area (Å²) in [5, 5.41) is 11.7. The molecule has 0 unspecified atom stereocenters. The molecule has 0 aliphatic carbocycles. The lowest BCUT2D eigenvalue weighted by Gasteiger charge is -2.09. The molecule has 9 nitrogen and oxygen atoms in total. The van der Waals surface area contributed by atoms with Crippen LogP contribution in [0.3, 0.4) is 0 Å². The fourth-order valence-corrected chi connectivity index (χ4v) is 3.34. The number of alkyl halides is 3. The number of aryl methyl sites for hydroxylation is 1. The van der Waals surface area contributed by atoms with Gasteiger partial charge in [-0.3, -0.25) is 4.79 Å². The number of nitrogens with two attached hydrogens (primary N) is 1. The minimum atomic E-state index is -4.74. The quantitative estimate of drug-likeness (QED) is 0.358. The van der Waals surface area contributed by atoms with Crippen molar-refractivity contribution in [1.82, 2.24) is 20.3 Å². The van der Waals surface area contributed by atoms with Gasteiger partial charge in [0.15, 0.2) is 5.82 Å². The van der Waals surface area contributed by atoms with Gasteiger partial charge in [0.05, 0.1) is 17.7 Å². The van der Waals surface area contributed by atoms with Crippen LogP contribution in [-0.4, -0.2) is 31.9 Å². The van der Waals surface area contributed by atoms with Gasteiger partial charge in [-0.15, -0.1) is 0 Å². The zero-order valence-electron chi connectivity index (χ0n) is 18.0. The fraction of sp³-hybridized carbons (Fsp3) is 0.174. The smallest absolute Gasteiger partial charge is 0.420 e. The molecule has 4 N–H and O–H groups in total. The van der Waals surface area contributed by atoms with Gasteiger partial charge in [-0.1, -0.05) is 6.07 Å². The van der Waals surface area contributed by atoms with E-state index in [1.807, 2.05) is 0 Å². The Balaban J connectivity index is 1.53. The summed E-state index contributed by atoms with van der Waals surface area (Å²) in [5.74, 6) is -1.14. The van der Waals surface area contributed by atoms with E-state index in [2.05, 4.69) is 20.3 Å². The molecular formula is C23H18F3N5O4. The van der Waals surface area contributed by atoms with Crippen LogP contribution in [0, 0.1) is 0 Å². The number of benzene rings is 1. The van der Waals surface area contributed by atoms with E-state index >= 15 is 0 Å². The maximum atomic E-state index is 13.7. The van der Waals surface area contributed by atoms with Gasteiger partial charge in [0.25, 0.3) is 0 Å². The van der Waals surface area contributed by atoms with Crippen LogP contribution in [0.25, 0.3) is 22.4 Å². The van der Waals surface area contributed by atoms with Crippen LogP contribution in [0.5, 0.6) is 0 Å². The highest BCUT2D eigenvalue weighted by Gasteiger charge is 2.35. The molecule has 1 amide bonds. The van der Waals surface area contributed by atoms with Crippen molar-refractivity contribution >= 4 is 28.7 Å². The second kappa shape index (κ2) is 9.41. The summed E-state index contributed by atoms with van der Waals surface area (Å²) < 4.78 is 46.6. The average molecular weight is 485 g/mol. The van der Waals surface area contributed by atoms with Crippen molar-refractivity contribution in [2.24, 2.45) is 0 Å². The number of amides is 1. The maximum Gasteiger partial charge on any atom is 0.420 e. The number of aromatic carboxylic acids is 1. The third kappa shape index (κ3) is 5.54. The number of carbonyl (C=O) groups is 2. The van der Waals surface area contributed by atoms with Crippen LogP contribution in [0.15, 0.2) is 53.3 Å². The lowest BCUT2D eigenvalue weighted by atomic mass is 10.1. The molecule has 0 aliphatic heterocycles. The summed E-state index contributed by atoms with van der Waals surface area (Å²) in [6.45, 7) is -0.107. The number of pyridine rings is 1. The number of carbonyl (C=O) groups excluding carboxylic acids is 1. The Morgan fingerprint density at radius 1 is 1.06 bits per heavy atom. The van der Waals surface area contributed by atoms with E-state index in [-0.39, 0.29) is 52.6 Å². The molecule has 12 heteroatoms. The van der Waals surface area contributed by atoms with Crippen molar-refractivity contribution in [1.29, 1.82) is 0 Å². The number of anilines is 1. The van der Waals surface area contributed by atoms with Crippen LogP contribution in [0.1, 0.15) is 33.7 Å². The monoisotopic (exact) mass is 485 g/mol. The fourth-order valence-electron chi connectivity index (χ4n) is 3.34.